The van der Waals surface area contributed by atoms with Crippen molar-refractivity contribution in [3.8, 4) is 0 Å². The topological polar surface area (TPSA) is 29.0 Å². The zero-order valence-electron chi connectivity index (χ0n) is 12.3. The molecule has 0 spiro atoms. The van der Waals surface area contributed by atoms with Crippen LogP contribution in [0.15, 0.2) is 12.2 Å². The van der Waals surface area contributed by atoms with Gasteiger partial charge in [0, 0.05) is 24.3 Å². The lowest BCUT2D eigenvalue weighted by Crippen LogP contribution is -2.25. The van der Waals surface area contributed by atoms with Gasteiger partial charge in [-0.05, 0) is 57.3 Å². The van der Waals surface area contributed by atoms with Gasteiger partial charge in [-0.15, -0.1) is 0 Å². The molecule has 0 saturated carbocycles. The number of allylic oxidation sites excluding steroid dienone is 2. The van der Waals surface area contributed by atoms with E-state index in [9.17, 15) is 0 Å². The van der Waals surface area contributed by atoms with Gasteiger partial charge in [-0.25, -0.2) is 9.97 Å². The van der Waals surface area contributed by atoms with Crippen LogP contribution in [0.1, 0.15) is 42.8 Å². The molecule has 1 aromatic rings. The van der Waals surface area contributed by atoms with Gasteiger partial charge in [-0.1, -0.05) is 12.2 Å². The summed E-state index contributed by atoms with van der Waals surface area (Å²) in [5.74, 6) is 3.90. The molecule has 1 saturated heterocycles. The first kappa shape index (κ1) is 12.4. The number of aromatic nitrogens is 2. The second kappa shape index (κ2) is 4.87. The van der Waals surface area contributed by atoms with Gasteiger partial charge in [0.05, 0.1) is 0 Å². The van der Waals surface area contributed by atoms with Crippen molar-refractivity contribution < 1.29 is 0 Å². The Bertz CT molecular complexity index is 533. The Kier molecular flexibility index (Phi) is 3.01. The fourth-order valence-corrected chi connectivity index (χ4v) is 4.14. The van der Waals surface area contributed by atoms with Gasteiger partial charge in [0.2, 0.25) is 0 Å². The van der Waals surface area contributed by atoms with Crippen LogP contribution in [0.2, 0.25) is 0 Å². The van der Waals surface area contributed by atoms with E-state index in [2.05, 4.69) is 22.0 Å². The molecule has 3 heteroatoms. The van der Waals surface area contributed by atoms with E-state index in [1.54, 1.807) is 0 Å². The molecule has 0 N–H and O–H groups in total. The fourth-order valence-electron chi connectivity index (χ4n) is 4.14. The lowest BCUT2D eigenvalue weighted by Gasteiger charge is -2.25. The molecular formula is C17H23N3. The Morgan fingerprint density at radius 3 is 2.45 bits per heavy atom. The van der Waals surface area contributed by atoms with Crippen LogP contribution in [-0.4, -0.2) is 23.1 Å². The molecule has 20 heavy (non-hydrogen) atoms. The number of nitrogens with zero attached hydrogens (tertiary/aromatic N) is 3. The summed E-state index contributed by atoms with van der Waals surface area (Å²) < 4.78 is 0. The van der Waals surface area contributed by atoms with E-state index in [0.29, 0.717) is 0 Å². The minimum atomic E-state index is 0.842. The maximum atomic E-state index is 4.82. The quantitative estimate of drug-likeness (QED) is 0.734. The first-order valence-electron chi connectivity index (χ1n) is 8.07. The predicted octanol–water partition coefficient (Wildman–Crippen LogP) is 3.07. The summed E-state index contributed by atoms with van der Waals surface area (Å²) in [5.41, 5.74) is 2.78. The summed E-state index contributed by atoms with van der Waals surface area (Å²) in [7, 11) is 0. The van der Waals surface area contributed by atoms with Crippen LogP contribution >= 0.6 is 0 Å². The molecule has 1 fully saturated rings. The normalized spacial score (nSPS) is 28.4. The third-order valence-corrected chi connectivity index (χ3v) is 5.19. The first-order chi connectivity index (χ1) is 9.81. The number of aryl methyl sites for hydroxylation is 2. The van der Waals surface area contributed by atoms with Gasteiger partial charge in [-0.3, -0.25) is 0 Å². The highest BCUT2D eigenvalue weighted by atomic mass is 15.2. The van der Waals surface area contributed by atoms with Gasteiger partial charge in [0.15, 0.2) is 0 Å². The zero-order chi connectivity index (χ0) is 13.5. The number of anilines is 1. The van der Waals surface area contributed by atoms with E-state index >= 15 is 0 Å². The molecule has 0 aromatic carbocycles. The number of fused-ring (bicyclic) bond motifs is 2. The van der Waals surface area contributed by atoms with Gasteiger partial charge < -0.3 is 4.90 Å². The highest BCUT2D eigenvalue weighted by Gasteiger charge is 2.35. The minimum Gasteiger partial charge on any atom is -0.356 e. The van der Waals surface area contributed by atoms with E-state index < -0.39 is 0 Å². The summed E-state index contributed by atoms with van der Waals surface area (Å²) >= 11 is 0. The molecule has 3 nitrogen and oxygen atoms in total. The highest BCUT2D eigenvalue weighted by Crippen LogP contribution is 2.37. The van der Waals surface area contributed by atoms with Crippen molar-refractivity contribution in [3.05, 3.63) is 29.2 Å². The monoisotopic (exact) mass is 269 g/mol. The van der Waals surface area contributed by atoms with E-state index in [4.69, 9.17) is 4.98 Å². The second-order valence-corrected chi connectivity index (χ2v) is 6.59. The van der Waals surface area contributed by atoms with Crippen LogP contribution in [-0.2, 0) is 12.8 Å². The second-order valence-electron chi connectivity index (χ2n) is 6.59. The molecule has 3 aliphatic rings. The van der Waals surface area contributed by atoms with Crippen LogP contribution < -0.4 is 4.90 Å². The van der Waals surface area contributed by atoms with Crippen molar-refractivity contribution in [3.63, 3.8) is 0 Å². The maximum Gasteiger partial charge on any atom is 0.135 e. The van der Waals surface area contributed by atoms with Crippen molar-refractivity contribution in [2.75, 3.05) is 18.0 Å². The van der Waals surface area contributed by atoms with Gasteiger partial charge in [0.1, 0.15) is 11.6 Å². The van der Waals surface area contributed by atoms with Crippen molar-refractivity contribution in [1.29, 1.82) is 0 Å². The van der Waals surface area contributed by atoms with Crippen LogP contribution in [0.25, 0.3) is 0 Å². The van der Waals surface area contributed by atoms with Crippen molar-refractivity contribution in [1.82, 2.24) is 9.97 Å². The summed E-state index contributed by atoms with van der Waals surface area (Å²) in [4.78, 5) is 12.1. The summed E-state index contributed by atoms with van der Waals surface area (Å²) in [5, 5.41) is 0. The molecule has 2 unspecified atom stereocenters. The Balaban J connectivity index is 1.67. The third-order valence-electron chi connectivity index (χ3n) is 5.19. The highest BCUT2D eigenvalue weighted by molar-refractivity contribution is 5.51. The molecule has 106 valence electrons. The summed E-state index contributed by atoms with van der Waals surface area (Å²) in [6.07, 6.45) is 12.2. The fraction of sp³-hybridized carbons (Fsp3) is 0.647. The predicted molar refractivity (Wildman–Crippen MR) is 81.0 cm³/mol. The van der Waals surface area contributed by atoms with Crippen molar-refractivity contribution in [2.24, 2.45) is 11.8 Å². The molecular weight excluding hydrogens is 246 g/mol. The van der Waals surface area contributed by atoms with E-state index in [-0.39, 0.29) is 0 Å². The summed E-state index contributed by atoms with van der Waals surface area (Å²) in [6.45, 7) is 4.43. The number of rotatable bonds is 1. The van der Waals surface area contributed by atoms with Gasteiger partial charge in [-0.2, -0.15) is 0 Å². The Morgan fingerprint density at radius 1 is 1.00 bits per heavy atom. The molecule has 2 atom stereocenters. The van der Waals surface area contributed by atoms with Crippen LogP contribution in [0.4, 0.5) is 5.82 Å². The first-order valence-corrected chi connectivity index (χ1v) is 8.07. The molecule has 1 aromatic heterocycles. The standard InChI is InChI=1S/C17H23N3/c1-12-18-16-9-5-4-8-15(16)17(19-12)20-10-13-6-2-3-7-14(13)11-20/h2-3,13-14H,4-11H2,1H3. The molecule has 4 rings (SSSR count). The van der Waals surface area contributed by atoms with Crippen LogP contribution in [0.3, 0.4) is 0 Å². The average Bonchev–Trinajstić information content (AvgIpc) is 2.90. The maximum absolute atomic E-state index is 4.82. The Labute approximate surface area is 121 Å². The molecule has 2 heterocycles. The molecule has 2 aliphatic carbocycles. The SMILES string of the molecule is Cc1nc2c(c(N3CC4CC=CCC4C3)n1)CCCC2. The van der Waals surface area contributed by atoms with E-state index in [1.807, 2.05) is 6.92 Å². The largest absolute Gasteiger partial charge is 0.356 e. The number of hydrogen-bond donors (Lipinski definition) is 0. The molecule has 0 radical (unpaired) electrons. The smallest absolute Gasteiger partial charge is 0.135 e. The van der Waals surface area contributed by atoms with E-state index in [1.165, 1.54) is 62.3 Å². The van der Waals surface area contributed by atoms with Gasteiger partial charge in [0.25, 0.3) is 0 Å². The van der Waals surface area contributed by atoms with Crippen molar-refractivity contribution in [2.45, 2.75) is 45.4 Å². The van der Waals surface area contributed by atoms with Crippen LogP contribution in [0.5, 0.6) is 0 Å². The van der Waals surface area contributed by atoms with Crippen LogP contribution in [0, 0.1) is 18.8 Å². The van der Waals surface area contributed by atoms with Gasteiger partial charge >= 0.3 is 0 Å². The minimum absolute atomic E-state index is 0.842. The zero-order valence-corrected chi connectivity index (χ0v) is 12.3. The number of hydrogen-bond acceptors (Lipinski definition) is 3. The summed E-state index contributed by atoms with van der Waals surface area (Å²) in [6, 6.07) is 0. The molecule has 0 amide bonds. The Morgan fingerprint density at radius 2 is 1.70 bits per heavy atom. The average molecular weight is 269 g/mol. The van der Waals surface area contributed by atoms with E-state index in [0.717, 1.165) is 24.1 Å². The van der Waals surface area contributed by atoms with Crippen molar-refractivity contribution >= 4 is 5.82 Å². The Hall–Kier alpha value is -1.38. The third kappa shape index (κ3) is 2.04. The lowest BCUT2D eigenvalue weighted by atomic mass is 9.86. The lowest BCUT2D eigenvalue weighted by molar-refractivity contribution is 0.411. The molecule has 1 aliphatic heterocycles. The molecule has 0 bridgehead atoms.